The van der Waals surface area contributed by atoms with Crippen LogP contribution in [0.1, 0.15) is 43.0 Å². The van der Waals surface area contributed by atoms with Gasteiger partial charge in [0.15, 0.2) is 0 Å². The monoisotopic (exact) mass is 291 g/mol. The zero-order chi connectivity index (χ0) is 14.5. The van der Waals surface area contributed by atoms with Crippen molar-refractivity contribution in [2.75, 3.05) is 20.3 Å². The Kier molecular flexibility index (Phi) is 6.36. The van der Waals surface area contributed by atoms with Crippen molar-refractivity contribution in [3.63, 3.8) is 0 Å². The van der Waals surface area contributed by atoms with Gasteiger partial charge in [0.05, 0.1) is 0 Å². The quantitative estimate of drug-likeness (QED) is 0.767. The molecular formula is C14H23F2NOS. The molecule has 0 aliphatic heterocycles. The van der Waals surface area contributed by atoms with Crippen LogP contribution in [0.4, 0.5) is 8.78 Å². The minimum atomic E-state index is -2.39. The Morgan fingerprint density at radius 1 is 1.32 bits per heavy atom. The van der Waals surface area contributed by atoms with E-state index in [4.69, 9.17) is 4.74 Å². The van der Waals surface area contributed by atoms with Gasteiger partial charge in [-0.25, -0.2) is 8.78 Å². The van der Waals surface area contributed by atoms with Crippen molar-refractivity contribution in [2.45, 2.75) is 45.1 Å². The molecule has 0 amide bonds. The third-order valence-corrected chi connectivity index (χ3v) is 4.48. The van der Waals surface area contributed by atoms with Crippen LogP contribution in [0.2, 0.25) is 0 Å². The number of alkyl halides is 2. The SMILES string of the molecule is CNC(CCOCC(F)F)c1ccc(C(C)(C)C)s1. The van der Waals surface area contributed by atoms with Crippen molar-refractivity contribution in [3.8, 4) is 0 Å². The first-order valence-electron chi connectivity index (χ1n) is 6.48. The summed E-state index contributed by atoms with van der Waals surface area (Å²) in [5, 5.41) is 3.21. The standard InChI is InChI=1S/C14H23F2NOS/c1-14(2,3)12-6-5-11(19-12)10(17-4)7-8-18-9-13(15)16/h5-6,10,13,17H,7-9H2,1-4H3. The van der Waals surface area contributed by atoms with Gasteiger partial charge in [-0.3, -0.25) is 0 Å². The van der Waals surface area contributed by atoms with E-state index in [1.54, 1.807) is 11.3 Å². The Hall–Kier alpha value is -0.520. The highest BCUT2D eigenvalue weighted by atomic mass is 32.1. The Bertz CT molecular complexity index is 374. The number of ether oxygens (including phenoxy) is 1. The predicted octanol–water partition coefficient (Wildman–Crippen LogP) is 3.98. The third-order valence-electron chi connectivity index (χ3n) is 2.85. The normalized spacial score (nSPS) is 14.1. The van der Waals surface area contributed by atoms with Gasteiger partial charge in [-0.1, -0.05) is 20.8 Å². The first kappa shape index (κ1) is 16.5. The van der Waals surface area contributed by atoms with E-state index in [2.05, 4.69) is 38.2 Å². The summed E-state index contributed by atoms with van der Waals surface area (Å²) < 4.78 is 28.9. The first-order chi connectivity index (χ1) is 8.84. The highest BCUT2D eigenvalue weighted by Gasteiger charge is 2.19. The molecule has 1 heterocycles. The number of rotatable bonds is 7. The summed E-state index contributed by atoms with van der Waals surface area (Å²) in [4.78, 5) is 2.56. The minimum Gasteiger partial charge on any atom is -0.375 e. The summed E-state index contributed by atoms with van der Waals surface area (Å²) in [6.07, 6.45) is -1.69. The third kappa shape index (κ3) is 5.55. The molecule has 0 radical (unpaired) electrons. The Morgan fingerprint density at radius 3 is 2.47 bits per heavy atom. The van der Waals surface area contributed by atoms with E-state index in [0.717, 1.165) is 0 Å². The van der Waals surface area contributed by atoms with Crippen molar-refractivity contribution in [1.29, 1.82) is 0 Å². The van der Waals surface area contributed by atoms with Crippen LogP contribution in [0.5, 0.6) is 0 Å². The minimum absolute atomic E-state index is 0.146. The molecule has 0 bridgehead atoms. The summed E-state index contributed by atoms with van der Waals surface area (Å²) in [5.74, 6) is 0. The van der Waals surface area contributed by atoms with Gasteiger partial charge in [0.2, 0.25) is 0 Å². The molecule has 0 aliphatic carbocycles. The van der Waals surface area contributed by atoms with Crippen LogP contribution in [0.3, 0.4) is 0 Å². The smallest absolute Gasteiger partial charge is 0.261 e. The van der Waals surface area contributed by atoms with E-state index < -0.39 is 13.0 Å². The molecule has 1 rings (SSSR count). The van der Waals surface area contributed by atoms with Gasteiger partial charge in [0, 0.05) is 22.4 Å². The van der Waals surface area contributed by atoms with Crippen LogP contribution < -0.4 is 5.32 Å². The molecule has 0 fully saturated rings. The number of nitrogens with one attached hydrogen (secondary N) is 1. The van der Waals surface area contributed by atoms with Crippen LogP contribution in [0.25, 0.3) is 0 Å². The van der Waals surface area contributed by atoms with Crippen molar-refractivity contribution < 1.29 is 13.5 Å². The second-order valence-corrected chi connectivity index (χ2v) is 6.66. The van der Waals surface area contributed by atoms with Gasteiger partial charge < -0.3 is 10.1 Å². The molecule has 0 aliphatic rings. The Morgan fingerprint density at radius 2 is 2.00 bits per heavy atom. The van der Waals surface area contributed by atoms with E-state index in [0.29, 0.717) is 13.0 Å². The molecule has 1 N–H and O–H groups in total. The first-order valence-corrected chi connectivity index (χ1v) is 7.29. The summed E-state index contributed by atoms with van der Waals surface area (Å²) in [6.45, 7) is 6.42. The van der Waals surface area contributed by atoms with Gasteiger partial charge in [0.25, 0.3) is 6.43 Å². The summed E-state index contributed by atoms with van der Waals surface area (Å²) >= 11 is 1.77. The van der Waals surface area contributed by atoms with E-state index in [1.165, 1.54) is 9.75 Å². The maximum absolute atomic E-state index is 12.0. The Labute approximate surface area is 118 Å². The average Bonchev–Trinajstić information content (AvgIpc) is 2.77. The van der Waals surface area contributed by atoms with Crippen LogP contribution in [-0.4, -0.2) is 26.7 Å². The van der Waals surface area contributed by atoms with Crippen molar-refractivity contribution in [2.24, 2.45) is 0 Å². The lowest BCUT2D eigenvalue weighted by molar-refractivity contribution is 0.0146. The molecule has 1 aromatic rings. The molecule has 2 nitrogen and oxygen atoms in total. The fraction of sp³-hybridized carbons (Fsp3) is 0.714. The predicted molar refractivity (Wildman–Crippen MR) is 76.3 cm³/mol. The van der Waals surface area contributed by atoms with Gasteiger partial charge in [0.1, 0.15) is 6.61 Å². The largest absolute Gasteiger partial charge is 0.375 e. The lowest BCUT2D eigenvalue weighted by Gasteiger charge is -2.17. The van der Waals surface area contributed by atoms with Crippen molar-refractivity contribution >= 4 is 11.3 Å². The van der Waals surface area contributed by atoms with E-state index in [-0.39, 0.29) is 11.5 Å². The van der Waals surface area contributed by atoms with Gasteiger partial charge in [-0.05, 0) is 31.0 Å². The summed E-state index contributed by atoms with van der Waals surface area (Å²) in [6, 6.07) is 4.42. The molecule has 1 aromatic heterocycles. The lowest BCUT2D eigenvalue weighted by Crippen LogP contribution is -2.18. The highest BCUT2D eigenvalue weighted by Crippen LogP contribution is 2.33. The van der Waals surface area contributed by atoms with E-state index >= 15 is 0 Å². The molecule has 0 spiro atoms. The maximum atomic E-state index is 12.0. The highest BCUT2D eigenvalue weighted by molar-refractivity contribution is 7.12. The second-order valence-electron chi connectivity index (χ2n) is 5.55. The summed E-state index contributed by atoms with van der Waals surface area (Å²) in [7, 11) is 1.88. The van der Waals surface area contributed by atoms with Crippen LogP contribution in [0, 0.1) is 0 Å². The molecule has 1 atom stereocenters. The molecule has 110 valence electrons. The molecular weight excluding hydrogens is 268 g/mol. The maximum Gasteiger partial charge on any atom is 0.261 e. The van der Waals surface area contributed by atoms with Crippen LogP contribution >= 0.6 is 11.3 Å². The molecule has 0 aromatic carbocycles. The number of thiophene rings is 1. The Balaban J connectivity index is 2.53. The van der Waals surface area contributed by atoms with Gasteiger partial charge in [-0.2, -0.15) is 0 Å². The van der Waals surface area contributed by atoms with Gasteiger partial charge >= 0.3 is 0 Å². The second kappa shape index (κ2) is 7.31. The fourth-order valence-corrected chi connectivity index (χ4v) is 2.96. The zero-order valence-corrected chi connectivity index (χ0v) is 12.8. The molecule has 19 heavy (non-hydrogen) atoms. The van der Waals surface area contributed by atoms with Gasteiger partial charge in [-0.15, -0.1) is 11.3 Å². The van der Waals surface area contributed by atoms with Crippen molar-refractivity contribution in [1.82, 2.24) is 5.32 Å². The van der Waals surface area contributed by atoms with E-state index in [1.807, 2.05) is 7.05 Å². The molecule has 0 saturated carbocycles. The summed E-state index contributed by atoms with van der Waals surface area (Å²) in [5.41, 5.74) is 0.146. The number of hydrogen-bond acceptors (Lipinski definition) is 3. The van der Waals surface area contributed by atoms with Crippen molar-refractivity contribution in [3.05, 3.63) is 21.9 Å². The topological polar surface area (TPSA) is 21.3 Å². The number of halogens is 2. The molecule has 1 unspecified atom stereocenters. The lowest BCUT2D eigenvalue weighted by atomic mass is 9.95. The average molecular weight is 291 g/mol. The number of hydrogen-bond donors (Lipinski definition) is 1. The zero-order valence-electron chi connectivity index (χ0n) is 12.0. The molecule has 0 saturated heterocycles. The van der Waals surface area contributed by atoms with Crippen LogP contribution in [-0.2, 0) is 10.2 Å². The van der Waals surface area contributed by atoms with E-state index in [9.17, 15) is 8.78 Å². The van der Waals surface area contributed by atoms with Crippen LogP contribution in [0.15, 0.2) is 12.1 Å². The molecule has 5 heteroatoms. The fourth-order valence-electron chi connectivity index (χ4n) is 1.75.